The molecule has 0 bridgehead atoms. The van der Waals surface area contributed by atoms with Gasteiger partial charge in [-0.1, -0.05) is 55.3 Å². The van der Waals surface area contributed by atoms with Crippen LogP contribution in [0.5, 0.6) is 17.2 Å². The Labute approximate surface area is 225 Å². The lowest BCUT2D eigenvalue weighted by atomic mass is 10.0. The maximum absolute atomic E-state index is 12.8. The molecule has 0 saturated carbocycles. The van der Waals surface area contributed by atoms with Gasteiger partial charge in [0.25, 0.3) is 0 Å². The Kier molecular flexibility index (Phi) is 9.76. The first-order chi connectivity index (χ1) is 18.1. The van der Waals surface area contributed by atoms with E-state index in [2.05, 4.69) is 4.99 Å². The number of hydrogen-bond acceptors (Lipinski definition) is 8. The molecular formula is C29H28ClNO7. The molecule has 0 radical (unpaired) electrons. The highest BCUT2D eigenvalue weighted by atomic mass is 35.5. The van der Waals surface area contributed by atoms with E-state index in [1.807, 2.05) is 6.92 Å². The third-order valence-electron chi connectivity index (χ3n) is 5.50. The van der Waals surface area contributed by atoms with Gasteiger partial charge in [-0.2, -0.15) is 0 Å². The van der Waals surface area contributed by atoms with Crippen LogP contribution in [-0.4, -0.2) is 46.8 Å². The second-order valence-electron chi connectivity index (χ2n) is 8.94. The molecule has 198 valence electrons. The molecule has 9 heteroatoms. The zero-order valence-electron chi connectivity index (χ0n) is 21.2. The van der Waals surface area contributed by atoms with E-state index in [-0.39, 0.29) is 39.8 Å². The van der Waals surface area contributed by atoms with Crippen LogP contribution in [0.1, 0.15) is 40.9 Å². The highest BCUT2D eigenvalue weighted by Crippen LogP contribution is 2.35. The number of phenolic OH excluding ortho intramolecular Hbond substituents is 1. The molecule has 2 N–H and O–H groups in total. The Morgan fingerprint density at radius 1 is 1.00 bits per heavy atom. The fourth-order valence-electron chi connectivity index (χ4n) is 3.32. The number of ketones is 1. The highest BCUT2D eigenvalue weighted by Gasteiger charge is 2.22. The van der Waals surface area contributed by atoms with Crippen molar-refractivity contribution in [3.8, 4) is 17.2 Å². The first kappa shape index (κ1) is 28.6. The molecule has 3 aromatic carbocycles. The summed E-state index contributed by atoms with van der Waals surface area (Å²) >= 11 is 6.30. The summed E-state index contributed by atoms with van der Waals surface area (Å²) in [5, 5.41) is 19.1. The van der Waals surface area contributed by atoms with Crippen LogP contribution in [0.4, 0.5) is 0 Å². The lowest BCUT2D eigenvalue weighted by Gasteiger charge is -2.16. The van der Waals surface area contributed by atoms with Gasteiger partial charge in [-0.3, -0.25) is 14.6 Å². The fraction of sp³-hybridized carbons (Fsp3) is 0.241. The summed E-state index contributed by atoms with van der Waals surface area (Å²) in [6, 6.07) is 14.8. The van der Waals surface area contributed by atoms with Gasteiger partial charge in [-0.15, -0.1) is 0 Å². The van der Waals surface area contributed by atoms with Gasteiger partial charge in [-0.25, -0.2) is 4.79 Å². The number of aryl methyl sites for hydroxylation is 1. The minimum absolute atomic E-state index is 0.0746. The number of carbonyl (C=O) groups is 3. The van der Waals surface area contributed by atoms with Crippen LogP contribution in [0.15, 0.2) is 65.7 Å². The van der Waals surface area contributed by atoms with E-state index in [4.69, 9.17) is 21.1 Å². The number of benzene rings is 3. The normalized spacial score (nSPS) is 11.9. The zero-order valence-corrected chi connectivity index (χ0v) is 21.9. The standard InChI is InChI=1S/C29H28ClNO7/c1-17(2)28(35)38-27-21(15-31-24(25(34)16-32)12-19-6-10-23(33)11-7-19)13-22(30)14-26(27)37-29(36)20-8-4-18(3)5-9-20/h4-11,13-15,17,24,32-33H,12,16H2,1-3H3. The van der Waals surface area contributed by atoms with Crippen molar-refractivity contribution in [2.24, 2.45) is 10.9 Å². The Bertz CT molecular complexity index is 1330. The summed E-state index contributed by atoms with van der Waals surface area (Å²) in [6.45, 7) is 4.46. The molecule has 0 aliphatic heterocycles. The Morgan fingerprint density at radius 3 is 2.26 bits per heavy atom. The smallest absolute Gasteiger partial charge is 0.343 e. The molecule has 0 aliphatic carbocycles. The van der Waals surface area contributed by atoms with Crippen LogP contribution in [0.2, 0.25) is 5.02 Å². The second kappa shape index (κ2) is 13.0. The quantitative estimate of drug-likeness (QED) is 0.218. The number of carbonyl (C=O) groups excluding carboxylic acids is 3. The van der Waals surface area contributed by atoms with Crippen LogP contribution in [0.25, 0.3) is 0 Å². The van der Waals surface area contributed by atoms with Gasteiger partial charge in [0.1, 0.15) is 18.4 Å². The number of aliphatic hydroxyl groups is 1. The van der Waals surface area contributed by atoms with Gasteiger partial charge in [0.15, 0.2) is 17.3 Å². The molecular weight excluding hydrogens is 510 g/mol. The van der Waals surface area contributed by atoms with Gasteiger partial charge in [0, 0.05) is 29.3 Å². The van der Waals surface area contributed by atoms with Crippen molar-refractivity contribution in [3.05, 3.63) is 87.9 Å². The van der Waals surface area contributed by atoms with E-state index in [1.165, 1.54) is 30.5 Å². The fourth-order valence-corrected chi connectivity index (χ4v) is 3.53. The molecule has 0 aliphatic rings. The van der Waals surface area contributed by atoms with Crippen molar-refractivity contribution < 1.29 is 34.1 Å². The molecule has 0 saturated heterocycles. The number of aromatic hydroxyl groups is 1. The first-order valence-electron chi connectivity index (χ1n) is 11.9. The van der Waals surface area contributed by atoms with E-state index < -0.39 is 36.3 Å². The number of rotatable bonds is 10. The predicted octanol–water partition coefficient (Wildman–Crippen LogP) is 4.73. The van der Waals surface area contributed by atoms with Crippen molar-refractivity contribution >= 4 is 35.5 Å². The van der Waals surface area contributed by atoms with E-state index in [9.17, 15) is 24.6 Å². The van der Waals surface area contributed by atoms with Crippen LogP contribution >= 0.6 is 11.6 Å². The Balaban J connectivity index is 2.00. The number of ether oxygens (including phenoxy) is 2. The summed E-state index contributed by atoms with van der Waals surface area (Å²) in [5.74, 6) is -2.40. The van der Waals surface area contributed by atoms with Gasteiger partial charge in [0.05, 0.1) is 11.5 Å². The van der Waals surface area contributed by atoms with Gasteiger partial charge >= 0.3 is 11.9 Å². The number of Topliss-reactive ketones (excluding diaryl/α,β-unsaturated/α-hetero) is 1. The summed E-state index contributed by atoms with van der Waals surface area (Å²) < 4.78 is 11.1. The van der Waals surface area contributed by atoms with Crippen molar-refractivity contribution in [3.63, 3.8) is 0 Å². The largest absolute Gasteiger partial charge is 0.508 e. The summed E-state index contributed by atoms with van der Waals surface area (Å²) in [4.78, 5) is 42.1. The molecule has 3 rings (SSSR count). The molecule has 38 heavy (non-hydrogen) atoms. The molecule has 0 spiro atoms. The third kappa shape index (κ3) is 7.74. The van der Waals surface area contributed by atoms with E-state index in [1.54, 1.807) is 50.2 Å². The van der Waals surface area contributed by atoms with Crippen LogP contribution in [0, 0.1) is 12.8 Å². The number of nitrogens with zero attached hydrogens (tertiary/aromatic N) is 1. The second-order valence-corrected chi connectivity index (χ2v) is 9.38. The number of aliphatic imine (C=N–C) groups is 1. The molecule has 1 unspecified atom stereocenters. The first-order valence-corrected chi connectivity index (χ1v) is 12.2. The lowest BCUT2D eigenvalue weighted by Crippen LogP contribution is -2.24. The van der Waals surface area contributed by atoms with E-state index in [0.717, 1.165) is 5.56 Å². The SMILES string of the molecule is Cc1ccc(C(=O)Oc2cc(Cl)cc(C=NC(Cc3ccc(O)cc3)C(=O)CO)c2OC(=O)C(C)C)cc1. The molecule has 3 aromatic rings. The third-order valence-corrected chi connectivity index (χ3v) is 5.72. The van der Waals surface area contributed by atoms with Crippen molar-refractivity contribution in [1.29, 1.82) is 0 Å². The highest BCUT2D eigenvalue weighted by molar-refractivity contribution is 6.31. The molecule has 0 aromatic heterocycles. The molecule has 0 amide bonds. The van der Waals surface area contributed by atoms with E-state index >= 15 is 0 Å². The zero-order chi connectivity index (χ0) is 27.8. The summed E-state index contributed by atoms with van der Waals surface area (Å²) in [7, 11) is 0. The van der Waals surface area contributed by atoms with Crippen LogP contribution in [0.3, 0.4) is 0 Å². The molecule has 1 atom stereocenters. The van der Waals surface area contributed by atoms with E-state index in [0.29, 0.717) is 5.56 Å². The minimum Gasteiger partial charge on any atom is -0.508 e. The maximum atomic E-state index is 12.8. The van der Waals surface area contributed by atoms with Crippen molar-refractivity contribution in [2.75, 3.05) is 6.61 Å². The monoisotopic (exact) mass is 537 g/mol. The minimum atomic E-state index is -0.976. The summed E-state index contributed by atoms with van der Waals surface area (Å²) in [5.41, 5.74) is 2.15. The van der Waals surface area contributed by atoms with Crippen molar-refractivity contribution in [1.82, 2.24) is 0 Å². The summed E-state index contributed by atoms with van der Waals surface area (Å²) in [6.07, 6.45) is 1.43. The maximum Gasteiger partial charge on any atom is 0.343 e. The number of esters is 2. The molecule has 0 fully saturated rings. The topological polar surface area (TPSA) is 122 Å². The Morgan fingerprint density at radius 2 is 1.66 bits per heavy atom. The Hall–Kier alpha value is -4.01. The average molecular weight is 538 g/mol. The van der Waals surface area contributed by atoms with Gasteiger partial charge in [0.2, 0.25) is 0 Å². The van der Waals surface area contributed by atoms with Crippen LogP contribution in [-0.2, 0) is 16.0 Å². The number of hydrogen-bond donors (Lipinski definition) is 2. The van der Waals surface area contributed by atoms with Crippen LogP contribution < -0.4 is 9.47 Å². The lowest BCUT2D eigenvalue weighted by molar-refractivity contribution is -0.137. The molecule has 8 nitrogen and oxygen atoms in total. The number of phenols is 1. The number of aliphatic hydroxyl groups excluding tert-OH is 1. The molecule has 0 heterocycles. The van der Waals surface area contributed by atoms with Gasteiger partial charge < -0.3 is 19.7 Å². The average Bonchev–Trinajstić information content (AvgIpc) is 2.88. The predicted molar refractivity (Wildman–Crippen MR) is 143 cm³/mol. The van der Waals surface area contributed by atoms with Crippen molar-refractivity contribution in [2.45, 2.75) is 33.2 Å². The van der Waals surface area contributed by atoms with Gasteiger partial charge in [-0.05, 0) is 42.8 Å². The number of halogens is 1.